The van der Waals surface area contributed by atoms with Crippen molar-refractivity contribution in [2.75, 3.05) is 6.61 Å². The highest BCUT2D eigenvalue weighted by Crippen LogP contribution is 2.41. The number of carboxylic acid groups (broad SMARTS) is 1. The van der Waals surface area contributed by atoms with Crippen LogP contribution in [-0.4, -0.2) is 102 Å². The van der Waals surface area contributed by atoms with E-state index in [-0.39, 0.29) is 0 Å². The number of aliphatic carboxylic acids is 1. The molecule has 2 rings (SSSR count). The largest absolute Gasteiger partial charge is 0.477 e. The number of hydrogen-bond donors (Lipinski definition) is 5. The number of nitrogens with one attached hydrogen (secondary N) is 1. The summed E-state index contributed by atoms with van der Waals surface area (Å²) >= 11 is 0. The highest BCUT2D eigenvalue weighted by atomic mass is 19.4. The van der Waals surface area contributed by atoms with Crippen LogP contribution in [0.1, 0.15) is 6.04 Å². The molecule has 29 heavy (non-hydrogen) atoms. The molecule has 1 aliphatic rings. The van der Waals surface area contributed by atoms with Crippen LogP contribution < -0.4 is 5.32 Å². The van der Waals surface area contributed by atoms with Crippen LogP contribution in [0.25, 0.3) is 0 Å². The van der Waals surface area contributed by atoms with E-state index in [1.165, 1.54) is 5.32 Å². The molecule has 0 aromatic carbocycles. The van der Waals surface area contributed by atoms with Crippen LogP contribution in [0.5, 0.6) is 0 Å². The zero-order valence-corrected chi connectivity index (χ0v) is 13.9. The van der Waals surface area contributed by atoms with Gasteiger partial charge in [0.05, 0.1) is 12.6 Å². The average Bonchev–Trinajstić information content (AvgIpc) is 3.16. The predicted octanol–water partition coefficient (Wildman–Crippen LogP) is -2.54. The van der Waals surface area contributed by atoms with Gasteiger partial charge in [0, 0.05) is 0 Å². The molecule has 0 aliphatic carbocycles. The van der Waals surface area contributed by atoms with Crippen molar-refractivity contribution in [1.82, 2.24) is 25.5 Å². The van der Waals surface area contributed by atoms with Gasteiger partial charge >= 0.3 is 23.9 Å². The predicted molar refractivity (Wildman–Crippen MR) is 75.2 cm³/mol. The van der Waals surface area contributed by atoms with Crippen molar-refractivity contribution in [3.8, 4) is 0 Å². The van der Waals surface area contributed by atoms with E-state index in [2.05, 4.69) is 20.3 Å². The van der Waals surface area contributed by atoms with Crippen LogP contribution in [-0.2, 0) is 14.3 Å². The van der Waals surface area contributed by atoms with Gasteiger partial charge in [-0.15, -0.1) is 5.10 Å². The number of nitrogens with zero attached hydrogens (tertiary/aromatic N) is 4. The molecule has 1 aliphatic heterocycles. The van der Waals surface area contributed by atoms with Crippen molar-refractivity contribution in [3.63, 3.8) is 0 Å². The molecule has 17 heteroatoms. The Labute approximate surface area is 156 Å². The number of aromatic nitrogens is 4. The Balaban J connectivity index is 2.59. The molecule has 7 atom stereocenters. The van der Waals surface area contributed by atoms with Gasteiger partial charge in [-0.3, -0.25) is 4.79 Å². The van der Waals surface area contributed by atoms with Crippen LogP contribution in [0.2, 0.25) is 0 Å². The lowest BCUT2D eigenvalue weighted by molar-refractivity contribution is -0.284. The number of amides is 1. The lowest BCUT2D eigenvalue weighted by Gasteiger charge is -2.46. The summed E-state index contributed by atoms with van der Waals surface area (Å²) in [5.74, 6) is -9.47. The SMILES string of the molecule is O=C(N[C@H]1[C@H]([C@H](O)[C@H](O)CO)OC(F)(C(=O)O)C(F)[C@@H]1n1cnnn1)C(F)(F)F. The van der Waals surface area contributed by atoms with Crippen molar-refractivity contribution in [2.24, 2.45) is 0 Å². The third-order valence-electron chi connectivity index (χ3n) is 4.12. The number of carbonyl (C=O) groups is 2. The van der Waals surface area contributed by atoms with Gasteiger partial charge in [-0.05, 0) is 10.4 Å². The number of aliphatic hydroxyl groups excluding tert-OH is 3. The first-order valence-electron chi connectivity index (χ1n) is 7.66. The molecule has 12 nitrogen and oxygen atoms in total. The summed E-state index contributed by atoms with van der Waals surface area (Å²) in [7, 11) is 0. The Morgan fingerprint density at radius 2 is 1.97 bits per heavy atom. The quantitative estimate of drug-likeness (QED) is 0.299. The minimum absolute atomic E-state index is 0.316. The summed E-state index contributed by atoms with van der Waals surface area (Å²) < 4.78 is 72.3. The van der Waals surface area contributed by atoms with Gasteiger partial charge in [0.1, 0.15) is 30.7 Å². The molecule has 1 aromatic heterocycles. The Morgan fingerprint density at radius 3 is 2.41 bits per heavy atom. The van der Waals surface area contributed by atoms with Crippen LogP contribution in [0.15, 0.2) is 6.33 Å². The summed E-state index contributed by atoms with van der Waals surface area (Å²) in [4.78, 5) is 22.6. The van der Waals surface area contributed by atoms with E-state index < -0.39 is 67.1 Å². The summed E-state index contributed by atoms with van der Waals surface area (Å²) in [6.45, 7) is -1.22. The second-order valence-corrected chi connectivity index (χ2v) is 5.95. The molecular formula is C12H14F5N5O7. The van der Waals surface area contributed by atoms with Gasteiger partial charge in [-0.25, -0.2) is 13.9 Å². The molecule has 1 saturated heterocycles. The molecule has 5 N–H and O–H groups in total. The second-order valence-electron chi connectivity index (χ2n) is 5.95. The fraction of sp³-hybridized carbons (Fsp3) is 0.750. The molecule has 0 radical (unpaired) electrons. The molecule has 1 amide bonds. The van der Waals surface area contributed by atoms with Gasteiger partial charge in [0.2, 0.25) is 0 Å². The van der Waals surface area contributed by atoms with Gasteiger partial charge in [0.25, 0.3) is 0 Å². The Kier molecular flexibility index (Phi) is 6.36. The molecule has 1 fully saturated rings. The number of halogens is 5. The molecule has 0 saturated carbocycles. The highest BCUT2D eigenvalue weighted by molar-refractivity contribution is 5.82. The fourth-order valence-electron chi connectivity index (χ4n) is 2.71. The molecule has 164 valence electrons. The Bertz CT molecular complexity index is 737. The van der Waals surface area contributed by atoms with E-state index in [9.17, 15) is 41.8 Å². The zero-order chi connectivity index (χ0) is 22.1. The van der Waals surface area contributed by atoms with Crippen LogP contribution >= 0.6 is 0 Å². The maximum Gasteiger partial charge on any atom is 0.471 e. The van der Waals surface area contributed by atoms with Gasteiger partial charge < -0.3 is 30.5 Å². The van der Waals surface area contributed by atoms with E-state index in [1.54, 1.807) is 0 Å². The highest BCUT2D eigenvalue weighted by Gasteiger charge is 2.64. The summed E-state index contributed by atoms with van der Waals surface area (Å²) in [5, 5.41) is 48.1. The first-order chi connectivity index (χ1) is 13.3. The van der Waals surface area contributed by atoms with Gasteiger partial charge in [-0.1, -0.05) is 0 Å². The molecule has 0 spiro atoms. The molecule has 1 aromatic rings. The fourth-order valence-corrected chi connectivity index (χ4v) is 2.71. The first kappa shape index (κ1) is 22.8. The number of rotatable bonds is 6. The van der Waals surface area contributed by atoms with Crippen LogP contribution in [0, 0.1) is 0 Å². The second kappa shape index (κ2) is 8.09. The van der Waals surface area contributed by atoms with Crippen molar-refractivity contribution in [1.29, 1.82) is 0 Å². The zero-order valence-electron chi connectivity index (χ0n) is 13.9. The molecular weight excluding hydrogens is 421 g/mol. The first-order valence-corrected chi connectivity index (χ1v) is 7.66. The Morgan fingerprint density at radius 1 is 1.34 bits per heavy atom. The van der Waals surface area contributed by atoms with Crippen molar-refractivity contribution < 1.29 is 56.7 Å². The minimum atomic E-state index is -5.51. The van der Waals surface area contributed by atoms with Crippen molar-refractivity contribution in [2.45, 2.75) is 48.6 Å². The third kappa shape index (κ3) is 4.26. The number of carboxylic acids is 1. The lowest BCUT2D eigenvalue weighted by atomic mass is 9.86. The summed E-state index contributed by atoms with van der Waals surface area (Å²) in [6, 6.07) is -4.70. The van der Waals surface area contributed by atoms with E-state index in [1.807, 2.05) is 0 Å². The topological polar surface area (TPSA) is 180 Å². The van der Waals surface area contributed by atoms with Crippen LogP contribution in [0.3, 0.4) is 0 Å². The van der Waals surface area contributed by atoms with E-state index in [0.29, 0.717) is 11.0 Å². The average molecular weight is 435 g/mol. The number of hydrogen-bond acceptors (Lipinski definition) is 9. The number of carbonyl (C=O) groups excluding carboxylic acids is 1. The molecule has 2 unspecified atom stereocenters. The Hall–Kier alpha value is -2.50. The van der Waals surface area contributed by atoms with Gasteiger partial charge in [-0.2, -0.15) is 17.6 Å². The van der Waals surface area contributed by atoms with Crippen molar-refractivity contribution in [3.05, 3.63) is 6.33 Å². The van der Waals surface area contributed by atoms with Gasteiger partial charge in [0.15, 0.2) is 6.17 Å². The normalized spacial score (nSPS) is 32.4. The monoisotopic (exact) mass is 435 g/mol. The molecule has 2 heterocycles. The third-order valence-corrected chi connectivity index (χ3v) is 4.12. The number of aliphatic hydroxyl groups is 3. The number of tetrazole rings is 1. The smallest absolute Gasteiger partial charge is 0.471 e. The molecule has 0 bridgehead atoms. The van der Waals surface area contributed by atoms with E-state index in [0.717, 1.165) is 0 Å². The van der Waals surface area contributed by atoms with E-state index >= 15 is 0 Å². The minimum Gasteiger partial charge on any atom is -0.477 e. The number of alkyl halides is 5. The maximum atomic E-state index is 14.8. The lowest BCUT2D eigenvalue weighted by Crippen LogP contribution is -2.70. The number of ether oxygens (including phenoxy) is 1. The van der Waals surface area contributed by atoms with E-state index in [4.69, 9.17) is 10.2 Å². The standard InChI is InChI=1S/C12H14F5N5O7/c13-8-5(22-2-18-20-21-22)4(19-9(26)12(15,16)17)7(6(25)3(24)1-23)29-11(8,14)10(27)28/h2-8,23-25H,1H2,(H,19,26)(H,27,28)/t3-,4-,5-,6-,7-,8?,11?/m1/s1. The maximum absolute atomic E-state index is 14.8. The van der Waals surface area contributed by atoms with Crippen LogP contribution in [0.4, 0.5) is 22.0 Å². The van der Waals surface area contributed by atoms with Crippen molar-refractivity contribution >= 4 is 11.9 Å². The summed E-state index contributed by atoms with van der Waals surface area (Å²) in [5.41, 5.74) is 0. The summed E-state index contributed by atoms with van der Waals surface area (Å²) in [6.07, 6.45) is -15.3.